The van der Waals surface area contributed by atoms with E-state index >= 15 is 0 Å². The van der Waals surface area contributed by atoms with Crippen LogP contribution < -0.4 is 0 Å². The first-order chi connectivity index (χ1) is 4.70. The fourth-order valence-corrected chi connectivity index (χ4v) is 0.370. The Bertz CT molecular complexity index is 139. The molecule has 0 aromatic carbocycles. The Hall–Kier alpha value is -0.700. The Balaban J connectivity index is 3.86. The topological polar surface area (TPSA) is 45.0 Å². The van der Waals surface area contributed by atoms with Gasteiger partial charge in [-0.15, -0.1) is 0 Å². The van der Waals surface area contributed by atoms with Gasteiger partial charge < -0.3 is 5.11 Å². The Kier molecular flexibility index (Phi) is 4.76. The lowest BCUT2D eigenvalue weighted by Gasteiger charge is -1.94. The van der Waals surface area contributed by atoms with Crippen LogP contribution in [0.3, 0.4) is 0 Å². The van der Waals surface area contributed by atoms with Crippen molar-refractivity contribution < 1.29 is 5.11 Å². The molecule has 1 N–H and O–H groups in total. The third kappa shape index (κ3) is 4.21. The van der Waals surface area contributed by atoms with Crippen LogP contribution in [0.1, 0.15) is 20.8 Å². The minimum atomic E-state index is -0.0350. The van der Waals surface area contributed by atoms with Crippen molar-refractivity contribution in [3.8, 4) is 0 Å². The van der Waals surface area contributed by atoms with E-state index in [1.165, 1.54) is 0 Å². The van der Waals surface area contributed by atoms with Gasteiger partial charge in [0.2, 0.25) is 0 Å². The van der Waals surface area contributed by atoms with Gasteiger partial charge in [-0.05, 0) is 20.8 Å². The molecule has 10 heavy (non-hydrogen) atoms. The molecule has 0 aliphatic heterocycles. The number of nitrogens with zero attached hydrogens (tertiary/aromatic N) is 2. The van der Waals surface area contributed by atoms with Gasteiger partial charge in [0.1, 0.15) is 0 Å². The molecule has 0 fully saturated rings. The number of azo groups is 1. The summed E-state index contributed by atoms with van der Waals surface area (Å²) in [6, 6.07) is 0.196. The van der Waals surface area contributed by atoms with Crippen LogP contribution in [0.4, 0.5) is 0 Å². The highest BCUT2D eigenvalue weighted by Crippen LogP contribution is 1.97. The average Bonchev–Trinajstić information content (AvgIpc) is 1.90. The number of allylic oxidation sites excluding steroid dienone is 1. The van der Waals surface area contributed by atoms with Crippen molar-refractivity contribution in [2.45, 2.75) is 26.8 Å². The average molecular weight is 142 g/mol. The van der Waals surface area contributed by atoms with Crippen LogP contribution in [0.2, 0.25) is 0 Å². The lowest BCUT2D eigenvalue weighted by molar-refractivity contribution is 0.328. The van der Waals surface area contributed by atoms with E-state index in [1.54, 1.807) is 6.08 Å². The van der Waals surface area contributed by atoms with Gasteiger partial charge in [-0.2, -0.15) is 10.2 Å². The van der Waals surface area contributed by atoms with E-state index in [2.05, 4.69) is 10.2 Å². The van der Waals surface area contributed by atoms with Crippen molar-refractivity contribution in [3.63, 3.8) is 0 Å². The largest absolute Gasteiger partial charge is 0.390 e. The second-order valence-corrected chi connectivity index (χ2v) is 2.25. The van der Waals surface area contributed by atoms with Crippen LogP contribution in [0.25, 0.3) is 0 Å². The van der Waals surface area contributed by atoms with Gasteiger partial charge >= 0.3 is 0 Å². The molecule has 58 valence electrons. The predicted octanol–water partition coefficient (Wildman–Crippen LogP) is 1.74. The summed E-state index contributed by atoms with van der Waals surface area (Å²) < 4.78 is 0. The maximum Gasteiger partial charge on any atom is 0.0868 e. The molecule has 0 amide bonds. The van der Waals surface area contributed by atoms with Gasteiger partial charge in [0.05, 0.1) is 18.3 Å². The molecule has 0 saturated heterocycles. The SMILES string of the molecule is C/C=C(/CO)N=NC(C)C. The Morgan fingerprint density at radius 2 is 2.20 bits per heavy atom. The highest BCUT2D eigenvalue weighted by Gasteiger charge is 1.89. The molecule has 0 aromatic rings. The van der Waals surface area contributed by atoms with Gasteiger partial charge in [0.15, 0.2) is 0 Å². The van der Waals surface area contributed by atoms with Crippen LogP contribution in [-0.4, -0.2) is 17.8 Å². The molecule has 0 bridgehead atoms. The second kappa shape index (κ2) is 5.11. The van der Waals surface area contributed by atoms with E-state index in [-0.39, 0.29) is 12.6 Å². The first-order valence-electron chi connectivity index (χ1n) is 3.37. The minimum Gasteiger partial charge on any atom is -0.390 e. The number of aliphatic hydroxyl groups is 1. The molecule has 0 heterocycles. The molecule has 0 rings (SSSR count). The van der Waals surface area contributed by atoms with Crippen molar-refractivity contribution in [1.29, 1.82) is 0 Å². The summed E-state index contributed by atoms with van der Waals surface area (Å²) in [4.78, 5) is 0. The molecular weight excluding hydrogens is 128 g/mol. The highest BCUT2D eigenvalue weighted by atomic mass is 16.3. The van der Waals surface area contributed by atoms with Crippen molar-refractivity contribution in [1.82, 2.24) is 0 Å². The molecule has 0 aromatic heterocycles. The molecule has 3 nitrogen and oxygen atoms in total. The third-order valence-electron chi connectivity index (χ3n) is 0.912. The van der Waals surface area contributed by atoms with Crippen molar-refractivity contribution in [2.75, 3.05) is 6.61 Å². The number of aliphatic hydroxyl groups excluding tert-OH is 1. The van der Waals surface area contributed by atoms with E-state index in [1.807, 2.05) is 20.8 Å². The Morgan fingerprint density at radius 3 is 2.50 bits per heavy atom. The molecule has 0 aliphatic rings. The fourth-order valence-electron chi connectivity index (χ4n) is 0.370. The number of hydrogen-bond donors (Lipinski definition) is 1. The molecule has 0 radical (unpaired) electrons. The lowest BCUT2D eigenvalue weighted by atomic mass is 10.4. The lowest BCUT2D eigenvalue weighted by Crippen LogP contribution is -1.89. The summed E-state index contributed by atoms with van der Waals surface area (Å²) in [6.45, 7) is 5.67. The molecule has 0 saturated carbocycles. The summed E-state index contributed by atoms with van der Waals surface area (Å²) in [5.41, 5.74) is 0.619. The minimum absolute atomic E-state index is 0.0350. The Morgan fingerprint density at radius 1 is 1.60 bits per heavy atom. The second-order valence-electron chi connectivity index (χ2n) is 2.25. The first-order valence-corrected chi connectivity index (χ1v) is 3.37. The summed E-state index contributed by atoms with van der Waals surface area (Å²) in [7, 11) is 0. The van der Waals surface area contributed by atoms with Crippen LogP contribution >= 0.6 is 0 Å². The third-order valence-corrected chi connectivity index (χ3v) is 0.912. The standard InChI is InChI=1S/C7H14N2O/c1-4-7(5-10)9-8-6(2)3/h4,6,10H,5H2,1-3H3/b7-4-,9-8?. The molecule has 0 unspecified atom stereocenters. The molecule has 0 aliphatic carbocycles. The van der Waals surface area contributed by atoms with Gasteiger partial charge in [0, 0.05) is 0 Å². The fraction of sp³-hybridized carbons (Fsp3) is 0.714. The summed E-state index contributed by atoms with van der Waals surface area (Å²) in [5, 5.41) is 16.3. The zero-order valence-electron chi connectivity index (χ0n) is 6.70. The van der Waals surface area contributed by atoms with Gasteiger partial charge in [-0.3, -0.25) is 0 Å². The van der Waals surface area contributed by atoms with Crippen molar-refractivity contribution in [2.24, 2.45) is 10.2 Å². The van der Waals surface area contributed by atoms with Crippen LogP contribution in [0.5, 0.6) is 0 Å². The molecular formula is C7H14N2O. The summed E-state index contributed by atoms with van der Waals surface area (Å²) in [6.07, 6.45) is 1.74. The van der Waals surface area contributed by atoms with Gasteiger partial charge in [0.25, 0.3) is 0 Å². The summed E-state index contributed by atoms with van der Waals surface area (Å²) >= 11 is 0. The maximum atomic E-state index is 8.62. The van der Waals surface area contributed by atoms with E-state index in [0.717, 1.165) is 0 Å². The zero-order chi connectivity index (χ0) is 7.98. The van der Waals surface area contributed by atoms with E-state index in [0.29, 0.717) is 5.70 Å². The van der Waals surface area contributed by atoms with Crippen molar-refractivity contribution >= 4 is 0 Å². The van der Waals surface area contributed by atoms with Crippen molar-refractivity contribution in [3.05, 3.63) is 11.8 Å². The smallest absolute Gasteiger partial charge is 0.0868 e. The predicted molar refractivity (Wildman–Crippen MR) is 40.8 cm³/mol. The molecule has 0 atom stereocenters. The van der Waals surface area contributed by atoms with Crippen LogP contribution in [0, 0.1) is 0 Å². The highest BCUT2D eigenvalue weighted by molar-refractivity contribution is 4.96. The van der Waals surface area contributed by atoms with Crippen LogP contribution in [0.15, 0.2) is 22.0 Å². The Labute approximate surface area is 61.5 Å². The maximum absolute atomic E-state index is 8.62. The monoisotopic (exact) mass is 142 g/mol. The van der Waals surface area contributed by atoms with Crippen LogP contribution in [-0.2, 0) is 0 Å². The molecule has 0 spiro atoms. The molecule has 3 heteroatoms. The number of rotatable bonds is 3. The summed E-state index contributed by atoms with van der Waals surface area (Å²) in [5.74, 6) is 0. The first kappa shape index (κ1) is 9.30. The zero-order valence-corrected chi connectivity index (χ0v) is 6.70. The van der Waals surface area contributed by atoms with E-state index in [4.69, 9.17) is 5.11 Å². The van der Waals surface area contributed by atoms with Gasteiger partial charge in [-0.25, -0.2) is 0 Å². The quantitative estimate of drug-likeness (QED) is 0.599. The van der Waals surface area contributed by atoms with E-state index < -0.39 is 0 Å². The number of hydrogen-bond acceptors (Lipinski definition) is 3. The van der Waals surface area contributed by atoms with Gasteiger partial charge in [-0.1, -0.05) is 6.08 Å². The van der Waals surface area contributed by atoms with E-state index in [9.17, 15) is 0 Å². The normalized spacial score (nSPS) is 13.5.